The summed E-state index contributed by atoms with van der Waals surface area (Å²) in [5.74, 6) is 1.40. The van der Waals surface area contributed by atoms with E-state index >= 15 is 0 Å². The molecule has 21 heavy (non-hydrogen) atoms. The third kappa shape index (κ3) is 3.17. The Hall–Kier alpha value is -1.65. The van der Waals surface area contributed by atoms with Crippen LogP contribution in [0.25, 0.3) is 11.3 Å². The number of hydrogen-bond donors (Lipinski definition) is 1. The molecule has 2 aromatic rings. The molecule has 0 aliphatic heterocycles. The Kier molecular flexibility index (Phi) is 4.08. The molecular weight excluding hydrogens is 269 g/mol. The average molecular weight is 289 g/mol. The van der Waals surface area contributed by atoms with Gasteiger partial charge in [0.1, 0.15) is 17.3 Å². The van der Waals surface area contributed by atoms with E-state index in [9.17, 15) is 4.39 Å². The van der Waals surface area contributed by atoms with Crippen LogP contribution in [0.1, 0.15) is 25.0 Å². The number of hydrogen-bond acceptors (Lipinski definition) is 3. The van der Waals surface area contributed by atoms with E-state index in [4.69, 9.17) is 9.15 Å². The third-order valence-corrected chi connectivity index (χ3v) is 4.23. The molecule has 1 heterocycles. The van der Waals surface area contributed by atoms with Gasteiger partial charge in [0.05, 0.1) is 12.1 Å². The van der Waals surface area contributed by atoms with Gasteiger partial charge in [-0.25, -0.2) is 4.39 Å². The van der Waals surface area contributed by atoms with E-state index < -0.39 is 0 Å². The van der Waals surface area contributed by atoms with Gasteiger partial charge in [-0.2, -0.15) is 0 Å². The highest BCUT2D eigenvalue weighted by molar-refractivity contribution is 5.57. The largest absolute Gasteiger partial charge is 0.460 e. The lowest BCUT2D eigenvalue weighted by molar-refractivity contribution is -0.0697. The van der Waals surface area contributed by atoms with Crippen LogP contribution in [0.5, 0.6) is 0 Å². The summed E-state index contributed by atoms with van der Waals surface area (Å²) in [6, 6.07) is 10.2. The van der Waals surface area contributed by atoms with Crippen molar-refractivity contribution >= 4 is 0 Å². The number of benzene rings is 1. The summed E-state index contributed by atoms with van der Waals surface area (Å²) in [6.45, 7) is 1.52. The molecular formula is C17H20FNO2. The fourth-order valence-corrected chi connectivity index (χ4v) is 2.68. The summed E-state index contributed by atoms with van der Waals surface area (Å²) in [5.41, 5.74) is 0.904. The van der Waals surface area contributed by atoms with Crippen LogP contribution in [0.2, 0.25) is 0 Å². The Labute approximate surface area is 124 Å². The number of furan rings is 1. The van der Waals surface area contributed by atoms with Gasteiger partial charge in [-0.3, -0.25) is 0 Å². The van der Waals surface area contributed by atoms with Crippen molar-refractivity contribution in [1.29, 1.82) is 0 Å². The van der Waals surface area contributed by atoms with Gasteiger partial charge in [-0.1, -0.05) is 0 Å². The zero-order chi connectivity index (χ0) is 14.7. The fourth-order valence-electron chi connectivity index (χ4n) is 2.68. The Morgan fingerprint density at radius 2 is 1.95 bits per heavy atom. The fraction of sp³-hybridized carbons (Fsp3) is 0.412. The van der Waals surface area contributed by atoms with E-state index in [1.807, 2.05) is 12.1 Å². The molecule has 0 amide bonds. The minimum Gasteiger partial charge on any atom is -0.460 e. The van der Waals surface area contributed by atoms with Crippen molar-refractivity contribution in [2.24, 2.45) is 0 Å². The molecule has 0 spiro atoms. The molecule has 0 saturated heterocycles. The Morgan fingerprint density at radius 1 is 1.19 bits per heavy atom. The molecule has 3 nitrogen and oxygen atoms in total. The predicted molar refractivity (Wildman–Crippen MR) is 79.4 cm³/mol. The van der Waals surface area contributed by atoms with Gasteiger partial charge in [0.2, 0.25) is 0 Å². The van der Waals surface area contributed by atoms with E-state index in [1.54, 1.807) is 19.2 Å². The van der Waals surface area contributed by atoms with Gasteiger partial charge in [-0.05, 0) is 55.7 Å². The van der Waals surface area contributed by atoms with Crippen LogP contribution in [0.15, 0.2) is 40.8 Å². The highest BCUT2D eigenvalue weighted by Gasteiger charge is 2.36. The van der Waals surface area contributed by atoms with Gasteiger partial charge in [0, 0.05) is 19.2 Å². The molecule has 4 heteroatoms. The summed E-state index contributed by atoms with van der Waals surface area (Å²) in [6.07, 6.45) is 3.48. The Bertz CT molecular complexity index is 582. The molecule has 0 atom stereocenters. The van der Waals surface area contributed by atoms with Gasteiger partial charge < -0.3 is 14.5 Å². The van der Waals surface area contributed by atoms with Crippen molar-refractivity contribution in [2.45, 2.75) is 31.4 Å². The molecule has 0 unspecified atom stereocenters. The van der Waals surface area contributed by atoms with Crippen LogP contribution in [-0.4, -0.2) is 19.3 Å². The van der Waals surface area contributed by atoms with E-state index in [0.29, 0.717) is 6.54 Å². The maximum Gasteiger partial charge on any atom is 0.134 e. The lowest BCUT2D eigenvalue weighted by Gasteiger charge is -2.40. The number of methoxy groups -OCH3 is 1. The lowest BCUT2D eigenvalue weighted by Crippen LogP contribution is -2.47. The second-order valence-corrected chi connectivity index (χ2v) is 5.62. The van der Waals surface area contributed by atoms with Crippen LogP contribution < -0.4 is 5.32 Å². The summed E-state index contributed by atoms with van der Waals surface area (Å²) in [7, 11) is 1.78. The smallest absolute Gasteiger partial charge is 0.134 e. The van der Waals surface area contributed by atoms with Crippen LogP contribution in [0.3, 0.4) is 0 Å². The van der Waals surface area contributed by atoms with Crippen molar-refractivity contribution in [3.05, 3.63) is 48.0 Å². The number of nitrogens with one attached hydrogen (secondary N) is 1. The number of ether oxygens (including phenoxy) is 1. The quantitative estimate of drug-likeness (QED) is 0.879. The zero-order valence-corrected chi connectivity index (χ0v) is 12.2. The van der Waals surface area contributed by atoms with Crippen LogP contribution in [-0.2, 0) is 11.3 Å². The third-order valence-electron chi connectivity index (χ3n) is 4.23. The first-order valence-corrected chi connectivity index (χ1v) is 7.31. The van der Waals surface area contributed by atoms with Crippen LogP contribution >= 0.6 is 0 Å². The highest BCUT2D eigenvalue weighted by Crippen LogP contribution is 2.34. The summed E-state index contributed by atoms with van der Waals surface area (Å²) in [4.78, 5) is 0. The summed E-state index contributed by atoms with van der Waals surface area (Å²) in [5, 5.41) is 3.39. The Balaban J connectivity index is 1.56. The zero-order valence-electron chi connectivity index (χ0n) is 12.2. The maximum absolute atomic E-state index is 12.9. The monoisotopic (exact) mass is 289 g/mol. The molecule has 0 bridgehead atoms. The van der Waals surface area contributed by atoms with Crippen molar-refractivity contribution in [2.75, 3.05) is 13.7 Å². The minimum absolute atomic E-state index is 0.0202. The number of halogens is 1. The molecule has 0 radical (unpaired) electrons. The SMILES string of the molecule is COC1(CNCc2ccc(-c3ccc(F)cc3)o2)CCC1. The van der Waals surface area contributed by atoms with Gasteiger partial charge in [-0.15, -0.1) is 0 Å². The molecule has 1 N–H and O–H groups in total. The normalized spacial score (nSPS) is 16.7. The standard InChI is InChI=1S/C17H20FNO2/c1-20-17(9-2-10-17)12-19-11-15-7-8-16(21-15)13-3-5-14(18)6-4-13/h3-8,19H,2,9-12H2,1H3. The maximum atomic E-state index is 12.9. The molecule has 1 aromatic carbocycles. The molecule has 1 aromatic heterocycles. The number of rotatable bonds is 6. The predicted octanol–water partition coefficient (Wildman–Crippen LogP) is 3.74. The van der Waals surface area contributed by atoms with Gasteiger partial charge in [0.25, 0.3) is 0 Å². The van der Waals surface area contributed by atoms with E-state index in [2.05, 4.69) is 5.32 Å². The molecule has 1 fully saturated rings. The molecule has 3 rings (SSSR count). The lowest BCUT2D eigenvalue weighted by atomic mass is 9.80. The first kappa shape index (κ1) is 14.3. The second-order valence-electron chi connectivity index (χ2n) is 5.62. The topological polar surface area (TPSA) is 34.4 Å². The van der Waals surface area contributed by atoms with Gasteiger partial charge in [0.15, 0.2) is 0 Å². The van der Waals surface area contributed by atoms with Crippen molar-refractivity contribution in [1.82, 2.24) is 5.32 Å². The minimum atomic E-state index is -0.238. The molecule has 1 aliphatic rings. The van der Waals surface area contributed by atoms with Crippen molar-refractivity contribution < 1.29 is 13.5 Å². The van der Waals surface area contributed by atoms with Crippen LogP contribution in [0.4, 0.5) is 4.39 Å². The average Bonchev–Trinajstić information content (AvgIpc) is 2.91. The van der Waals surface area contributed by atoms with E-state index in [0.717, 1.165) is 36.5 Å². The van der Waals surface area contributed by atoms with E-state index in [1.165, 1.54) is 18.6 Å². The van der Waals surface area contributed by atoms with Crippen molar-refractivity contribution in [3.63, 3.8) is 0 Å². The first-order chi connectivity index (χ1) is 10.2. The molecule has 1 saturated carbocycles. The van der Waals surface area contributed by atoms with Crippen molar-refractivity contribution in [3.8, 4) is 11.3 Å². The molecule has 1 aliphatic carbocycles. The van der Waals surface area contributed by atoms with Gasteiger partial charge >= 0.3 is 0 Å². The van der Waals surface area contributed by atoms with Crippen LogP contribution in [0, 0.1) is 5.82 Å². The summed E-state index contributed by atoms with van der Waals surface area (Å²) >= 11 is 0. The first-order valence-electron chi connectivity index (χ1n) is 7.31. The highest BCUT2D eigenvalue weighted by atomic mass is 19.1. The Morgan fingerprint density at radius 3 is 2.57 bits per heavy atom. The van der Waals surface area contributed by atoms with E-state index in [-0.39, 0.29) is 11.4 Å². The molecule has 112 valence electrons. The second kappa shape index (κ2) is 6.00. The summed E-state index contributed by atoms with van der Waals surface area (Å²) < 4.78 is 24.3.